The van der Waals surface area contributed by atoms with E-state index < -0.39 is 91.2 Å². The molecular formula is C49H70IN9O18. The Labute approximate surface area is 457 Å². The molecule has 426 valence electrons. The van der Waals surface area contributed by atoms with E-state index in [2.05, 4.69) is 54.5 Å². The van der Waals surface area contributed by atoms with Crippen molar-refractivity contribution in [1.29, 1.82) is 0 Å². The molecule has 0 spiro atoms. The Hall–Kier alpha value is -7.02. The van der Waals surface area contributed by atoms with Gasteiger partial charge in [0.15, 0.2) is 0 Å². The Morgan fingerprint density at radius 1 is 0.519 bits per heavy atom. The molecule has 28 heteroatoms. The summed E-state index contributed by atoms with van der Waals surface area (Å²) >= 11 is 2.16. The molecule has 27 nitrogen and oxygen atoms in total. The number of unbranched alkanes of at least 4 members (excludes halogenated alkanes) is 2. The largest absolute Gasteiger partial charge is 0.481 e. The van der Waals surface area contributed by atoms with Crippen molar-refractivity contribution < 1.29 is 88.5 Å². The predicted octanol–water partition coefficient (Wildman–Crippen LogP) is 0.347. The minimum atomic E-state index is -1.55. The molecule has 13 N–H and O–H groups in total. The van der Waals surface area contributed by atoms with Crippen LogP contribution in [0.3, 0.4) is 0 Å². The summed E-state index contributed by atoms with van der Waals surface area (Å²) in [4.78, 5) is 137. The maximum absolute atomic E-state index is 13.5. The van der Waals surface area contributed by atoms with Crippen LogP contribution in [0.1, 0.15) is 85.7 Å². The Morgan fingerprint density at radius 2 is 1.12 bits per heavy atom. The Balaban J connectivity index is 1.90. The molecule has 3 atom stereocenters. The quantitative estimate of drug-likeness (QED) is 0.0315. The van der Waals surface area contributed by atoms with Gasteiger partial charge >= 0.3 is 47.8 Å². The summed E-state index contributed by atoms with van der Waals surface area (Å²) in [7, 11) is 0. The first-order valence-electron chi connectivity index (χ1n) is 24.7. The monoisotopic (exact) mass is 1200 g/mol. The zero-order valence-corrected chi connectivity index (χ0v) is 44.6. The van der Waals surface area contributed by atoms with Crippen LogP contribution in [0, 0.1) is 3.57 Å². The minimum Gasteiger partial charge on any atom is -0.481 e. The number of carbonyl (C=O) groups is 11. The molecule has 0 radical (unpaired) electrons. The summed E-state index contributed by atoms with van der Waals surface area (Å²) in [6.07, 6.45) is 0.361. The van der Waals surface area contributed by atoms with Gasteiger partial charge in [0.2, 0.25) is 11.8 Å². The third kappa shape index (κ3) is 29.8. The van der Waals surface area contributed by atoms with Crippen molar-refractivity contribution in [2.24, 2.45) is 0 Å². The number of hydrogen-bond acceptors (Lipinski definition) is 15. The van der Waals surface area contributed by atoms with E-state index in [1.54, 1.807) is 29.2 Å². The molecule has 77 heavy (non-hydrogen) atoms. The summed E-state index contributed by atoms with van der Waals surface area (Å²) < 4.78 is 0.997. The zero-order chi connectivity index (χ0) is 57.3. The molecule has 0 saturated carbocycles. The van der Waals surface area contributed by atoms with E-state index in [-0.39, 0.29) is 122 Å². The van der Waals surface area contributed by atoms with Crippen molar-refractivity contribution in [2.75, 3.05) is 72.0 Å². The highest BCUT2D eigenvalue weighted by molar-refractivity contribution is 14.1. The lowest BCUT2D eigenvalue weighted by Crippen LogP contribution is -2.51. The van der Waals surface area contributed by atoms with Crippen LogP contribution in [-0.2, 0) is 56.2 Å². The molecule has 0 aromatic heterocycles. The number of nitrogens with one attached hydrogen (secondary N) is 6. The second kappa shape index (κ2) is 36.9. The number of carboxylic acids is 7. The molecule has 1 unspecified atom stereocenters. The lowest BCUT2D eigenvalue weighted by Gasteiger charge is -2.31. The molecule has 0 aliphatic heterocycles. The predicted molar refractivity (Wildman–Crippen MR) is 282 cm³/mol. The van der Waals surface area contributed by atoms with Crippen molar-refractivity contribution >= 4 is 88.1 Å². The zero-order valence-electron chi connectivity index (χ0n) is 42.5. The molecule has 0 saturated heterocycles. The average molecular weight is 1200 g/mol. The van der Waals surface area contributed by atoms with Crippen molar-refractivity contribution in [3.05, 3.63) is 68.8 Å². The van der Waals surface area contributed by atoms with Crippen molar-refractivity contribution in [3.63, 3.8) is 0 Å². The summed E-state index contributed by atoms with van der Waals surface area (Å²) in [6.45, 7) is 0.233. The average Bonchev–Trinajstić information content (AvgIpc) is 3.36. The molecule has 2 aromatic rings. The summed E-state index contributed by atoms with van der Waals surface area (Å²) in [5.41, 5.74) is 1.84. The van der Waals surface area contributed by atoms with E-state index in [1.165, 1.54) is 9.80 Å². The molecule has 5 amide bonds. The molecular weight excluding hydrogens is 1130 g/mol. The van der Waals surface area contributed by atoms with Crippen LogP contribution in [0.15, 0.2) is 48.5 Å². The second-order valence-electron chi connectivity index (χ2n) is 17.7. The van der Waals surface area contributed by atoms with Gasteiger partial charge in [-0.15, -0.1) is 0 Å². The van der Waals surface area contributed by atoms with Gasteiger partial charge in [-0.2, -0.15) is 0 Å². The van der Waals surface area contributed by atoms with Crippen LogP contribution in [-0.4, -0.2) is 206 Å². The molecule has 0 aliphatic rings. The summed E-state index contributed by atoms with van der Waals surface area (Å²) in [5.74, 6) is -9.74. The van der Waals surface area contributed by atoms with Crippen molar-refractivity contribution in [1.82, 2.24) is 46.6 Å². The smallest absolute Gasteiger partial charge is 0.326 e. The highest BCUT2D eigenvalue weighted by atomic mass is 127. The van der Waals surface area contributed by atoms with E-state index in [4.69, 9.17) is 15.3 Å². The fourth-order valence-electron chi connectivity index (χ4n) is 7.56. The second-order valence-corrected chi connectivity index (χ2v) is 18.9. The van der Waals surface area contributed by atoms with E-state index >= 15 is 0 Å². The number of aliphatic carboxylic acids is 7. The molecule has 0 bridgehead atoms. The highest BCUT2D eigenvalue weighted by Crippen LogP contribution is 2.15. The Kier molecular flexibility index (Phi) is 31.6. The lowest BCUT2D eigenvalue weighted by atomic mass is 10.1. The van der Waals surface area contributed by atoms with Crippen LogP contribution in [0.4, 0.5) is 4.79 Å². The number of rotatable bonds is 42. The van der Waals surface area contributed by atoms with Crippen LogP contribution in [0.5, 0.6) is 0 Å². The van der Waals surface area contributed by atoms with Crippen molar-refractivity contribution in [3.8, 4) is 0 Å². The number of hydrogen-bond donors (Lipinski definition) is 13. The van der Waals surface area contributed by atoms with E-state index in [1.807, 2.05) is 24.3 Å². The lowest BCUT2D eigenvalue weighted by molar-refractivity contribution is -0.145. The van der Waals surface area contributed by atoms with Gasteiger partial charge in [0, 0.05) is 93.8 Å². The van der Waals surface area contributed by atoms with Gasteiger partial charge in [0.1, 0.15) is 18.1 Å². The van der Waals surface area contributed by atoms with Crippen LogP contribution in [0.25, 0.3) is 0 Å². The highest BCUT2D eigenvalue weighted by Gasteiger charge is 2.28. The number of carbonyl (C=O) groups excluding carboxylic acids is 4. The van der Waals surface area contributed by atoms with Gasteiger partial charge in [0.05, 0.1) is 19.6 Å². The molecule has 2 aromatic carbocycles. The first-order chi connectivity index (χ1) is 36.5. The number of carboxylic acid groups (broad SMARTS) is 7. The number of urea groups is 1. The van der Waals surface area contributed by atoms with Gasteiger partial charge in [-0.1, -0.05) is 24.3 Å². The Bertz CT molecular complexity index is 2270. The molecule has 2 rings (SSSR count). The minimum absolute atomic E-state index is 0.0326. The third-order valence-electron chi connectivity index (χ3n) is 11.6. The van der Waals surface area contributed by atoms with Gasteiger partial charge < -0.3 is 72.5 Å². The fraction of sp³-hybridized carbons (Fsp3) is 0.531. The van der Waals surface area contributed by atoms with E-state index in [0.29, 0.717) is 30.4 Å². The Morgan fingerprint density at radius 3 is 1.69 bits per heavy atom. The number of amides is 5. The van der Waals surface area contributed by atoms with Gasteiger partial charge in [-0.05, 0) is 103 Å². The SMILES string of the molecule is O=C(O)CC[C@@H](NC(=O)N[C@H](CCCCN(Cc1ccc(I)cc1)C(=O)CCCCNC(=O)c1ccc(CNC(=O)CCC(C(=O)O)N(CCNCC(=O)O)CCN(CCNCC(=O)O)CC(=O)O)cc1)C(=O)O)C(=O)O. The molecule has 0 aliphatic carbocycles. The maximum Gasteiger partial charge on any atom is 0.326 e. The number of benzene rings is 2. The maximum atomic E-state index is 13.5. The normalized spacial score (nSPS) is 12.2. The van der Waals surface area contributed by atoms with Gasteiger partial charge in [0.25, 0.3) is 5.91 Å². The van der Waals surface area contributed by atoms with Gasteiger partial charge in [-0.3, -0.25) is 48.2 Å². The topological polar surface area (TPSA) is 411 Å². The van der Waals surface area contributed by atoms with Crippen molar-refractivity contribution in [2.45, 2.75) is 95.4 Å². The summed E-state index contributed by atoms with van der Waals surface area (Å²) in [5, 5.41) is 80.5. The fourth-order valence-corrected chi connectivity index (χ4v) is 7.91. The first-order valence-corrected chi connectivity index (χ1v) is 25.8. The van der Waals surface area contributed by atoms with Crippen LogP contribution < -0.4 is 31.9 Å². The molecule has 0 heterocycles. The van der Waals surface area contributed by atoms with E-state index in [9.17, 15) is 73.2 Å². The van der Waals surface area contributed by atoms with Crippen LogP contribution >= 0.6 is 22.6 Å². The number of nitrogens with zero attached hydrogens (tertiary/aromatic N) is 3. The van der Waals surface area contributed by atoms with E-state index in [0.717, 1.165) is 9.13 Å². The standard InChI is InChI=1S/C49H70IN9O18/c50-35-13-9-33(10-14-35)30-59(22-4-2-5-36(46(71)72)55-49(77)56-37(47(73)74)15-18-41(62)63)40(61)6-1-3-19-53-45(70)34-11-7-32(8-12-34)27-54-39(60)17-16-38(48(75)76)58(24-21-52-29-43(66)67)26-25-57(31-44(68)69)23-20-51-28-42(64)65/h7-14,36-38,51-52H,1-6,15-31H2,(H,53,70)(H,54,60)(H,62,63)(H,64,65)(H,66,67)(H,68,69)(H,71,72)(H,73,74)(H,75,76)(H2,55,56,77)/t36-,37-,38?/m1/s1. The van der Waals surface area contributed by atoms with Gasteiger partial charge in [-0.25, -0.2) is 14.4 Å². The van der Waals surface area contributed by atoms with Crippen LogP contribution in [0.2, 0.25) is 0 Å². The molecule has 0 fully saturated rings. The first kappa shape index (κ1) is 66.1. The number of halogens is 1. The third-order valence-corrected chi connectivity index (χ3v) is 12.4. The summed E-state index contributed by atoms with van der Waals surface area (Å²) in [6, 6.07) is 8.77.